The first-order valence-corrected chi connectivity index (χ1v) is 15.2. The van der Waals surface area contributed by atoms with Gasteiger partial charge < -0.3 is 10.2 Å². The first kappa shape index (κ1) is 29.4. The summed E-state index contributed by atoms with van der Waals surface area (Å²) < 4.78 is 40.8. The smallest absolute Gasteiger partial charge is 0.247 e. The molecule has 1 heterocycles. The van der Waals surface area contributed by atoms with E-state index in [2.05, 4.69) is 5.32 Å². The lowest BCUT2D eigenvalue weighted by atomic mass is 10.0. The predicted molar refractivity (Wildman–Crippen MR) is 152 cm³/mol. The van der Waals surface area contributed by atoms with Crippen molar-refractivity contribution < 1.29 is 22.4 Å². The fourth-order valence-electron chi connectivity index (χ4n) is 4.86. The molecule has 4 rings (SSSR count). The van der Waals surface area contributed by atoms with E-state index in [4.69, 9.17) is 0 Å². The van der Waals surface area contributed by atoms with Crippen LogP contribution < -0.4 is 5.32 Å². The van der Waals surface area contributed by atoms with Crippen LogP contribution in [0, 0.1) is 5.82 Å². The molecular formula is C31H36FN3O4S. The van der Waals surface area contributed by atoms with Gasteiger partial charge in [-0.1, -0.05) is 61.5 Å². The Hall–Kier alpha value is -3.56. The van der Waals surface area contributed by atoms with Crippen molar-refractivity contribution in [3.05, 3.63) is 101 Å². The molecule has 1 unspecified atom stereocenters. The minimum Gasteiger partial charge on any atom is -0.354 e. The van der Waals surface area contributed by atoms with Crippen LogP contribution in [0.4, 0.5) is 4.39 Å². The highest BCUT2D eigenvalue weighted by Gasteiger charge is 2.31. The number of halogens is 1. The molecule has 2 amide bonds. The maximum absolute atomic E-state index is 13.8. The lowest BCUT2D eigenvalue weighted by Crippen LogP contribution is -2.43. The minimum atomic E-state index is -3.51. The monoisotopic (exact) mass is 565 g/mol. The van der Waals surface area contributed by atoms with E-state index < -0.39 is 16.1 Å². The Kier molecular flexibility index (Phi) is 10.1. The van der Waals surface area contributed by atoms with Crippen LogP contribution in [0.3, 0.4) is 0 Å². The van der Waals surface area contributed by atoms with Crippen molar-refractivity contribution in [2.45, 2.75) is 56.5 Å². The van der Waals surface area contributed by atoms with Crippen LogP contribution in [-0.2, 0) is 32.6 Å². The SMILES string of the molecule is CCCNC(=O)C(c1ccccc1)N(Cc1ccc(F)cc1)C(=O)CCc1ccc(S(=O)(=O)N2CCCC2)cc1. The van der Waals surface area contributed by atoms with Gasteiger partial charge in [0.2, 0.25) is 21.8 Å². The number of nitrogens with zero attached hydrogens (tertiary/aromatic N) is 2. The normalized spacial score (nSPS) is 14.6. The van der Waals surface area contributed by atoms with Crippen molar-refractivity contribution in [1.82, 2.24) is 14.5 Å². The highest BCUT2D eigenvalue weighted by atomic mass is 32.2. The number of sulfonamides is 1. The molecular weight excluding hydrogens is 529 g/mol. The van der Waals surface area contributed by atoms with E-state index in [0.717, 1.165) is 24.8 Å². The van der Waals surface area contributed by atoms with Gasteiger partial charge in [-0.05, 0) is 66.6 Å². The zero-order valence-electron chi connectivity index (χ0n) is 22.8. The molecule has 1 atom stereocenters. The lowest BCUT2D eigenvalue weighted by molar-refractivity contribution is -0.141. The van der Waals surface area contributed by atoms with E-state index in [1.807, 2.05) is 37.3 Å². The van der Waals surface area contributed by atoms with Crippen molar-refractivity contribution in [3.63, 3.8) is 0 Å². The molecule has 7 nitrogen and oxygen atoms in total. The molecule has 0 bridgehead atoms. The van der Waals surface area contributed by atoms with Crippen molar-refractivity contribution >= 4 is 21.8 Å². The van der Waals surface area contributed by atoms with Gasteiger partial charge in [-0.25, -0.2) is 12.8 Å². The molecule has 0 spiro atoms. The number of nitrogens with one attached hydrogen (secondary N) is 1. The van der Waals surface area contributed by atoms with Gasteiger partial charge in [-0.2, -0.15) is 4.31 Å². The summed E-state index contributed by atoms with van der Waals surface area (Å²) in [6, 6.07) is 20.8. The number of amides is 2. The van der Waals surface area contributed by atoms with Gasteiger partial charge in [0, 0.05) is 32.6 Å². The predicted octanol–water partition coefficient (Wildman–Crippen LogP) is 4.84. The Balaban J connectivity index is 1.55. The van der Waals surface area contributed by atoms with E-state index in [0.29, 0.717) is 37.2 Å². The second-order valence-corrected chi connectivity index (χ2v) is 11.9. The maximum Gasteiger partial charge on any atom is 0.247 e. The largest absolute Gasteiger partial charge is 0.354 e. The Morgan fingerprint density at radius 2 is 1.55 bits per heavy atom. The van der Waals surface area contributed by atoms with Gasteiger partial charge in [0.05, 0.1) is 4.90 Å². The highest BCUT2D eigenvalue weighted by Crippen LogP contribution is 2.26. The van der Waals surface area contributed by atoms with Crippen LogP contribution >= 0.6 is 0 Å². The van der Waals surface area contributed by atoms with Gasteiger partial charge in [0.25, 0.3) is 0 Å². The summed E-state index contributed by atoms with van der Waals surface area (Å²) in [5.41, 5.74) is 2.21. The topological polar surface area (TPSA) is 86.8 Å². The van der Waals surface area contributed by atoms with Crippen molar-refractivity contribution in [2.24, 2.45) is 0 Å². The molecule has 1 N–H and O–H groups in total. The van der Waals surface area contributed by atoms with Crippen molar-refractivity contribution in [1.29, 1.82) is 0 Å². The minimum absolute atomic E-state index is 0.115. The lowest BCUT2D eigenvalue weighted by Gasteiger charge is -2.32. The second kappa shape index (κ2) is 13.7. The standard InChI is InChI=1S/C31H36FN3O4S/c1-2-20-33-31(37)30(26-8-4-3-5-9-26)35(23-25-10-15-27(32)16-11-25)29(36)19-14-24-12-17-28(18-13-24)40(38,39)34-21-6-7-22-34/h3-5,8-13,15-18,30H,2,6-7,14,19-23H2,1H3,(H,33,37). The summed E-state index contributed by atoms with van der Waals surface area (Å²) in [4.78, 5) is 28.9. The second-order valence-electron chi connectivity index (χ2n) is 10.0. The zero-order valence-corrected chi connectivity index (χ0v) is 23.6. The number of carbonyl (C=O) groups excluding carboxylic acids is 2. The number of carbonyl (C=O) groups is 2. The average molecular weight is 566 g/mol. The molecule has 9 heteroatoms. The Morgan fingerprint density at radius 3 is 2.17 bits per heavy atom. The summed E-state index contributed by atoms with van der Waals surface area (Å²) in [6.07, 6.45) is 2.98. The molecule has 1 fully saturated rings. The molecule has 0 radical (unpaired) electrons. The van der Waals surface area contributed by atoms with Crippen LogP contribution in [0.2, 0.25) is 0 Å². The van der Waals surface area contributed by atoms with Gasteiger partial charge >= 0.3 is 0 Å². The molecule has 1 aliphatic rings. The maximum atomic E-state index is 13.8. The average Bonchev–Trinajstić information content (AvgIpc) is 3.53. The van der Waals surface area contributed by atoms with Gasteiger partial charge in [0.1, 0.15) is 11.9 Å². The summed E-state index contributed by atoms with van der Waals surface area (Å²) in [6.45, 7) is 3.65. The first-order valence-electron chi connectivity index (χ1n) is 13.7. The van der Waals surface area contributed by atoms with Gasteiger partial charge in [-0.15, -0.1) is 0 Å². The Labute approximate surface area is 236 Å². The van der Waals surface area contributed by atoms with Gasteiger partial charge in [-0.3, -0.25) is 9.59 Å². The molecule has 0 aromatic heterocycles. The third-order valence-electron chi connectivity index (χ3n) is 7.06. The summed E-state index contributed by atoms with van der Waals surface area (Å²) in [5.74, 6) is -0.893. The Morgan fingerprint density at radius 1 is 0.925 bits per heavy atom. The number of hydrogen-bond donors (Lipinski definition) is 1. The molecule has 1 aliphatic heterocycles. The van der Waals surface area contributed by atoms with E-state index in [-0.39, 0.29) is 35.5 Å². The van der Waals surface area contributed by atoms with E-state index >= 15 is 0 Å². The molecule has 0 aliphatic carbocycles. The summed E-state index contributed by atoms with van der Waals surface area (Å²) in [7, 11) is -3.51. The summed E-state index contributed by atoms with van der Waals surface area (Å²) >= 11 is 0. The van der Waals surface area contributed by atoms with Crippen LogP contribution in [-0.4, -0.2) is 49.1 Å². The quantitative estimate of drug-likeness (QED) is 0.341. The van der Waals surface area contributed by atoms with E-state index in [1.54, 1.807) is 41.3 Å². The number of benzene rings is 3. The van der Waals surface area contributed by atoms with Gasteiger partial charge in [0.15, 0.2) is 0 Å². The van der Waals surface area contributed by atoms with E-state index in [9.17, 15) is 22.4 Å². The van der Waals surface area contributed by atoms with Crippen LogP contribution in [0.15, 0.2) is 83.8 Å². The van der Waals surface area contributed by atoms with Crippen LogP contribution in [0.5, 0.6) is 0 Å². The Bertz CT molecular complexity index is 1370. The summed E-state index contributed by atoms with van der Waals surface area (Å²) in [5, 5.41) is 2.92. The van der Waals surface area contributed by atoms with Crippen molar-refractivity contribution in [2.75, 3.05) is 19.6 Å². The molecule has 0 saturated carbocycles. The molecule has 1 saturated heterocycles. The third-order valence-corrected chi connectivity index (χ3v) is 8.98. The fraction of sp³-hybridized carbons (Fsp3) is 0.355. The fourth-order valence-corrected chi connectivity index (χ4v) is 6.38. The third kappa shape index (κ3) is 7.34. The number of rotatable bonds is 12. The molecule has 3 aromatic rings. The molecule has 212 valence electrons. The number of aryl methyl sites for hydroxylation is 1. The van der Waals surface area contributed by atoms with Crippen LogP contribution in [0.1, 0.15) is 55.3 Å². The van der Waals surface area contributed by atoms with Crippen molar-refractivity contribution in [3.8, 4) is 0 Å². The van der Waals surface area contributed by atoms with Crippen LogP contribution in [0.25, 0.3) is 0 Å². The number of hydrogen-bond acceptors (Lipinski definition) is 4. The highest BCUT2D eigenvalue weighted by molar-refractivity contribution is 7.89. The molecule has 40 heavy (non-hydrogen) atoms. The zero-order chi connectivity index (χ0) is 28.5. The van der Waals surface area contributed by atoms with E-state index in [1.165, 1.54) is 16.4 Å². The first-order chi connectivity index (χ1) is 19.3. The molecule has 3 aromatic carbocycles.